The van der Waals surface area contributed by atoms with E-state index in [0.29, 0.717) is 29.2 Å². The zero-order valence-corrected chi connectivity index (χ0v) is 21.2. The minimum atomic E-state index is -0.942. The lowest BCUT2D eigenvalue weighted by Gasteiger charge is -2.26. The number of carbonyl (C=O) groups is 2. The first-order chi connectivity index (χ1) is 17.8. The molecule has 0 spiro atoms. The Labute approximate surface area is 218 Å². The second-order valence-electron chi connectivity index (χ2n) is 8.33. The third kappa shape index (κ3) is 5.11. The molecule has 0 aromatic heterocycles. The SMILES string of the molecule is COc1ccc(Cl)c(/C(O)=C2\C(=O)C(=O)N(CCc3ccc(F)cc3)C2c2ccc(OC)c(OC)c2)c1. The lowest BCUT2D eigenvalue weighted by Crippen LogP contribution is -2.31. The number of rotatable bonds is 8. The van der Waals surface area contributed by atoms with Crippen LogP contribution in [0.4, 0.5) is 4.39 Å². The quantitative estimate of drug-likeness (QED) is 0.248. The Kier molecular flexibility index (Phi) is 7.69. The van der Waals surface area contributed by atoms with Crippen LogP contribution in [0.2, 0.25) is 5.02 Å². The normalized spacial score (nSPS) is 16.7. The molecule has 1 atom stereocenters. The second-order valence-corrected chi connectivity index (χ2v) is 8.74. The average Bonchev–Trinajstić information content (AvgIpc) is 3.17. The monoisotopic (exact) mass is 525 g/mol. The lowest BCUT2D eigenvalue weighted by molar-refractivity contribution is -0.139. The van der Waals surface area contributed by atoms with Crippen molar-refractivity contribution in [1.82, 2.24) is 4.90 Å². The fourth-order valence-corrected chi connectivity index (χ4v) is 4.55. The van der Waals surface area contributed by atoms with E-state index >= 15 is 0 Å². The number of Topliss-reactive ketones (excluding diaryl/α,β-unsaturated/α-hetero) is 1. The van der Waals surface area contributed by atoms with E-state index in [1.165, 1.54) is 50.5 Å². The van der Waals surface area contributed by atoms with Crippen LogP contribution in [0.5, 0.6) is 17.2 Å². The number of benzene rings is 3. The first-order valence-corrected chi connectivity index (χ1v) is 11.8. The average molecular weight is 526 g/mol. The van der Waals surface area contributed by atoms with Crippen molar-refractivity contribution in [3.8, 4) is 17.2 Å². The van der Waals surface area contributed by atoms with E-state index in [1.54, 1.807) is 36.4 Å². The molecule has 0 saturated carbocycles. The van der Waals surface area contributed by atoms with Gasteiger partial charge in [-0.1, -0.05) is 29.8 Å². The molecule has 0 bridgehead atoms. The fraction of sp³-hybridized carbons (Fsp3) is 0.214. The maximum Gasteiger partial charge on any atom is 0.295 e. The summed E-state index contributed by atoms with van der Waals surface area (Å²) in [6.07, 6.45) is 0.358. The van der Waals surface area contributed by atoms with Crippen molar-refractivity contribution >= 4 is 29.1 Å². The molecule has 1 heterocycles. The van der Waals surface area contributed by atoms with Crippen LogP contribution in [0.15, 0.2) is 66.2 Å². The lowest BCUT2D eigenvalue weighted by atomic mass is 9.94. The summed E-state index contributed by atoms with van der Waals surface area (Å²) >= 11 is 6.36. The summed E-state index contributed by atoms with van der Waals surface area (Å²) in [7, 11) is 4.44. The van der Waals surface area contributed by atoms with Gasteiger partial charge in [-0.25, -0.2) is 4.39 Å². The third-order valence-electron chi connectivity index (χ3n) is 6.25. The standard InChI is InChI=1S/C28H25ClFNO6/c1-35-19-9-10-21(29)20(15-19)26(32)24-25(17-6-11-22(36-2)23(14-17)37-3)31(28(34)27(24)33)13-12-16-4-7-18(30)8-5-16/h4-11,14-15,25,32H,12-13H2,1-3H3/b26-24+. The van der Waals surface area contributed by atoms with Crippen molar-refractivity contribution in [1.29, 1.82) is 0 Å². The Hall–Kier alpha value is -4.04. The highest BCUT2D eigenvalue weighted by atomic mass is 35.5. The molecule has 37 heavy (non-hydrogen) atoms. The van der Waals surface area contributed by atoms with Gasteiger partial charge in [0.2, 0.25) is 0 Å². The second kappa shape index (κ2) is 10.9. The smallest absolute Gasteiger partial charge is 0.295 e. The van der Waals surface area contributed by atoms with Gasteiger partial charge in [0.1, 0.15) is 17.3 Å². The van der Waals surface area contributed by atoms with E-state index in [1.807, 2.05) is 0 Å². The Bertz CT molecular complexity index is 1370. The summed E-state index contributed by atoms with van der Waals surface area (Å²) in [5, 5.41) is 11.5. The highest BCUT2D eigenvalue weighted by molar-refractivity contribution is 6.47. The molecule has 4 rings (SSSR count). The molecule has 3 aromatic rings. The van der Waals surface area contributed by atoms with Gasteiger partial charge in [-0.15, -0.1) is 0 Å². The number of hydrogen-bond donors (Lipinski definition) is 1. The van der Waals surface area contributed by atoms with Crippen LogP contribution in [-0.4, -0.2) is 49.6 Å². The summed E-state index contributed by atoms with van der Waals surface area (Å²) in [4.78, 5) is 28.0. The Balaban J connectivity index is 1.85. The van der Waals surface area contributed by atoms with Crippen molar-refractivity contribution in [3.63, 3.8) is 0 Å². The molecule has 1 unspecified atom stereocenters. The van der Waals surface area contributed by atoms with Crippen molar-refractivity contribution in [2.45, 2.75) is 12.5 Å². The van der Waals surface area contributed by atoms with Crippen LogP contribution in [0, 0.1) is 5.82 Å². The molecule has 3 aromatic carbocycles. The maximum absolute atomic E-state index is 13.4. The van der Waals surface area contributed by atoms with Gasteiger partial charge in [0.15, 0.2) is 11.5 Å². The van der Waals surface area contributed by atoms with Crippen LogP contribution < -0.4 is 14.2 Å². The van der Waals surface area contributed by atoms with E-state index in [4.69, 9.17) is 25.8 Å². The number of ether oxygens (including phenoxy) is 3. The molecular weight excluding hydrogens is 501 g/mol. The summed E-state index contributed by atoms with van der Waals surface area (Å²) in [5.74, 6) is -1.15. The summed E-state index contributed by atoms with van der Waals surface area (Å²) in [5.41, 5.74) is 1.34. The zero-order chi connectivity index (χ0) is 26.7. The van der Waals surface area contributed by atoms with Gasteiger partial charge in [0.05, 0.1) is 38.0 Å². The number of amides is 1. The van der Waals surface area contributed by atoms with Gasteiger partial charge in [0, 0.05) is 12.1 Å². The number of halogens is 2. The summed E-state index contributed by atoms with van der Waals surface area (Å²) in [6.45, 7) is 0.137. The third-order valence-corrected chi connectivity index (χ3v) is 6.58. The number of aliphatic hydroxyl groups excluding tert-OH is 1. The number of carbonyl (C=O) groups excluding carboxylic acids is 2. The number of aliphatic hydroxyl groups is 1. The van der Waals surface area contributed by atoms with Crippen molar-refractivity contribution in [2.24, 2.45) is 0 Å². The minimum Gasteiger partial charge on any atom is -0.507 e. The number of likely N-dealkylation sites (tertiary alicyclic amines) is 1. The molecule has 9 heteroatoms. The highest BCUT2D eigenvalue weighted by Crippen LogP contribution is 2.43. The predicted octanol–water partition coefficient (Wildman–Crippen LogP) is 5.17. The van der Waals surface area contributed by atoms with Crippen LogP contribution in [0.3, 0.4) is 0 Å². The Morgan fingerprint density at radius 3 is 2.30 bits per heavy atom. The van der Waals surface area contributed by atoms with E-state index in [-0.39, 0.29) is 28.5 Å². The Morgan fingerprint density at radius 1 is 0.946 bits per heavy atom. The number of hydrogen-bond acceptors (Lipinski definition) is 6. The van der Waals surface area contributed by atoms with Crippen molar-refractivity contribution in [2.75, 3.05) is 27.9 Å². The van der Waals surface area contributed by atoms with Gasteiger partial charge in [-0.2, -0.15) is 0 Å². The largest absolute Gasteiger partial charge is 0.507 e. The van der Waals surface area contributed by atoms with Crippen LogP contribution in [0.1, 0.15) is 22.7 Å². The van der Waals surface area contributed by atoms with Gasteiger partial charge in [-0.05, 0) is 60.0 Å². The molecule has 1 N–H and O–H groups in total. The van der Waals surface area contributed by atoms with Crippen molar-refractivity contribution < 1.29 is 33.3 Å². The molecule has 0 aliphatic carbocycles. The summed E-state index contributed by atoms with van der Waals surface area (Å²) in [6, 6.07) is 14.6. The van der Waals surface area contributed by atoms with E-state index < -0.39 is 23.5 Å². The zero-order valence-electron chi connectivity index (χ0n) is 20.5. The van der Waals surface area contributed by atoms with Crippen LogP contribution in [-0.2, 0) is 16.0 Å². The molecule has 1 aliphatic heterocycles. The molecule has 1 fully saturated rings. The van der Waals surface area contributed by atoms with Crippen LogP contribution in [0.25, 0.3) is 5.76 Å². The minimum absolute atomic E-state index is 0.119. The van der Waals surface area contributed by atoms with Crippen molar-refractivity contribution in [3.05, 3.63) is 93.8 Å². The predicted molar refractivity (Wildman–Crippen MR) is 137 cm³/mol. The topological polar surface area (TPSA) is 85.3 Å². The molecule has 0 radical (unpaired) electrons. The first kappa shape index (κ1) is 26.0. The van der Waals surface area contributed by atoms with E-state index in [2.05, 4.69) is 0 Å². The van der Waals surface area contributed by atoms with Gasteiger partial charge in [-0.3, -0.25) is 9.59 Å². The number of nitrogens with zero attached hydrogens (tertiary/aromatic N) is 1. The van der Waals surface area contributed by atoms with Gasteiger partial charge >= 0.3 is 0 Å². The summed E-state index contributed by atoms with van der Waals surface area (Å²) < 4.78 is 29.4. The molecular formula is C28H25ClFNO6. The molecule has 192 valence electrons. The van der Waals surface area contributed by atoms with E-state index in [0.717, 1.165) is 5.56 Å². The number of methoxy groups -OCH3 is 3. The molecule has 1 aliphatic rings. The number of ketones is 1. The molecule has 1 saturated heterocycles. The first-order valence-electron chi connectivity index (χ1n) is 11.4. The van der Waals surface area contributed by atoms with Gasteiger partial charge < -0.3 is 24.2 Å². The van der Waals surface area contributed by atoms with Crippen LogP contribution >= 0.6 is 11.6 Å². The van der Waals surface area contributed by atoms with E-state index in [9.17, 15) is 19.1 Å². The maximum atomic E-state index is 13.4. The van der Waals surface area contributed by atoms with Gasteiger partial charge in [0.25, 0.3) is 11.7 Å². The molecule has 7 nitrogen and oxygen atoms in total. The highest BCUT2D eigenvalue weighted by Gasteiger charge is 2.46. The fourth-order valence-electron chi connectivity index (χ4n) is 4.34. The molecule has 1 amide bonds. The Morgan fingerprint density at radius 2 is 1.65 bits per heavy atom.